The highest BCUT2D eigenvalue weighted by molar-refractivity contribution is 6.30. The Hall–Kier alpha value is -2.39. The van der Waals surface area contributed by atoms with E-state index in [1.165, 1.54) is 0 Å². The zero-order valence-corrected chi connectivity index (χ0v) is 13.2. The van der Waals surface area contributed by atoms with E-state index >= 15 is 0 Å². The van der Waals surface area contributed by atoms with Gasteiger partial charge >= 0.3 is 0 Å². The average molecular weight is 326 g/mol. The van der Waals surface area contributed by atoms with Crippen LogP contribution in [0.5, 0.6) is 5.75 Å². The molecule has 0 spiro atoms. The zero-order valence-electron chi connectivity index (χ0n) is 12.4. The molecule has 0 atom stereocenters. The summed E-state index contributed by atoms with van der Waals surface area (Å²) in [5.41, 5.74) is 2.35. The highest BCUT2D eigenvalue weighted by atomic mass is 35.5. The molecule has 2 aromatic carbocycles. The normalized spacial score (nSPS) is 14.0. The molecule has 0 aliphatic heterocycles. The van der Waals surface area contributed by atoms with Gasteiger partial charge in [-0.1, -0.05) is 54.1 Å². The van der Waals surface area contributed by atoms with Crippen LogP contribution in [0.3, 0.4) is 0 Å². The van der Waals surface area contributed by atoms with Gasteiger partial charge in [0, 0.05) is 16.6 Å². The van der Waals surface area contributed by atoms with Gasteiger partial charge in [0.05, 0.1) is 5.56 Å². The van der Waals surface area contributed by atoms with Crippen molar-refractivity contribution in [1.29, 1.82) is 0 Å². The molecule has 3 nitrogen and oxygen atoms in total. The number of aromatic hydroxyl groups is 1. The Bertz CT molecular complexity index is 838. The third kappa shape index (κ3) is 2.80. The molecule has 1 fully saturated rings. The first-order valence-electron chi connectivity index (χ1n) is 7.66. The Balaban J connectivity index is 1.87. The van der Waals surface area contributed by atoms with E-state index in [2.05, 4.69) is 5.32 Å². The summed E-state index contributed by atoms with van der Waals surface area (Å²) in [5, 5.41) is 14.8. The van der Waals surface area contributed by atoms with Gasteiger partial charge < -0.3 is 14.8 Å². The lowest BCUT2D eigenvalue weighted by atomic mass is 10.0. The third-order valence-electron chi connectivity index (χ3n) is 3.94. The second-order valence-corrected chi connectivity index (χ2v) is 6.22. The monoisotopic (exact) mass is 325 g/mol. The number of benzene rings is 2. The number of hydrogen-bond acceptors (Lipinski definition) is 3. The number of furan rings is 1. The van der Waals surface area contributed by atoms with Crippen LogP contribution >= 0.6 is 11.6 Å². The van der Waals surface area contributed by atoms with E-state index in [1.54, 1.807) is 0 Å². The highest BCUT2D eigenvalue weighted by Crippen LogP contribution is 2.47. The van der Waals surface area contributed by atoms with Crippen molar-refractivity contribution in [1.82, 2.24) is 0 Å². The van der Waals surface area contributed by atoms with Crippen LogP contribution in [0, 0.1) is 0 Å². The van der Waals surface area contributed by atoms with Crippen LogP contribution in [-0.2, 0) is 0 Å². The quantitative estimate of drug-likeness (QED) is 0.661. The summed E-state index contributed by atoms with van der Waals surface area (Å²) in [6.45, 7) is 0. The lowest BCUT2D eigenvalue weighted by Crippen LogP contribution is -2.00. The molecule has 1 heterocycles. The number of hydrogen-bond donors (Lipinski definition) is 2. The maximum absolute atomic E-state index is 10.8. The molecule has 1 aliphatic rings. The minimum absolute atomic E-state index is 0.140. The molecule has 1 aliphatic carbocycles. The predicted octanol–water partition coefficient (Wildman–Crippen LogP) is 5.55. The minimum Gasteiger partial charge on any atom is -0.504 e. The smallest absolute Gasteiger partial charge is 0.205 e. The molecule has 3 aromatic rings. The van der Waals surface area contributed by atoms with Crippen molar-refractivity contribution in [2.45, 2.75) is 18.9 Å². The largest absolute Gasteiger partial charge is 0.504 e. The third-order valence-corrected chi connectivity index (χ3v) is 4.18. The summed E-state index contributed by atoms with van der Waals surface area (Å²) in [7, 11) is 0. The van der Waals surface area contributed by atoms with Crippen molar-refractivity contribution in [3.05, 3.63) is 59.6 Å². The maximum Gasteiger partial charge on any atom is 0.205 e. The first kappa shape index (κ1) is 14.2. The first-order valence-corrected chi connectivity index (χ1v) is 8.04. The number of halogens is 1. The molecule has 0 radical (unpaired) electrons. The van der Waals surface area contributed by atoms with Gasteiger partial charge in [-0.25, -0.2) is 0 Å². The van der Waals surface area contributed by atoms with Gasteiger partial charge in [0.1, 0.15) is 0 Å². The Morgan fingerprint density at radius 2 is 1.74 bits per heavy atom. The number of nitrogens with one attached hydrogen (secondary N) is 1. The molecule has 1 saturated carbocycles. The summed E-state index contributed by atoms with van der Waals surface area (Å²) in [6, 6.07) is 17.5. The first-order chi connectivity index (χ1) is 11.2. The zero-order chi connectivity index (χ0) is 15.8. The Morgan fingerprint density at radius 1 is 1.00 bits per heavy atom. The van der Waals surface area contributed by atoms with Crippen LogP contribution < -0.4 is 5.32 Å². The molecule has 4 heteroatoms. The molecular weight excluding hydrogens is 310 g/mol. The topological polar surface area (TPSA) is 45.4 Å². The molecule has 4 rings (SSSR count). The van der Waals surface area contributed by atoms with E-state index < -0.39 is 0 Å². The molecule has 0 bridgehead atoms. The maximum atomic E-state index is 10.8. The molecule has 0 unspecified atom stereocenters. The minimum atomic E-state index is 0.140. The van der Waals surface area contributed by atoms with E-state index in [9.17, 15) is 5.11 Å². The van der Waals surface area contributed by atoms with Crippen molar-refractivity contribution >= 4 is 17.5 Å². The standard InChI is InChI=1S/C19H16ClNO2/c20-14-8-4-7-13(11-14)16-17(22)18(12-5-2-1-3-6-12)23-19(16)21-15-9-10-15/h1-8,11,15,21-22H,9-10H2. The molecule has 23 heavy (non-hydrogen) atoms. The lowest BCUT2D eigenvalue weighted by molar-refractivity contribution is 0.466. The van der Waals surface area contributed by atoms with Gasteiger partial charge in [-0.15, -0.1) is 0 Å². The van der Waals surface area contributed by atoms with E-state index in [4.69, 9.17) is 16.0 Å². The van der Waals surface area contributed by atoms with Gasteiger partial charge in [0.25, 0.3) is 0 Å². The van der Waals surface area contributed by atoms with Crippen molar-refractivity contribution < 1.29 is 9.52 Å². The number of anilines is 1. The van der Waals surface area contributed by atoms with Crippen LogP contribution in [0.15, 0.2) is 59.0 Å². The molecular formula is C19H16ClNO2. The van der Waals surface area contributed by atoms with Crippen LogP contribution in [0.25, 0.3) is 22.5 Å². The van der Waals surface area contributed by atoms with E-state index in [0.29, 0.717) is 28.3 Å². The number of rotatable bonds is 4. The van der Waals surface area contributed by atoms with Gasteiger partial charge in [0.2, 0.25) is 5.88 Å². The summed E-state index contributed by atoms with van der Waals surface area (Å²) < 4.78 is 5.97. The summed E-state index contributed by atoms with van der Waals surface area (Å²) in [5.74, 6) is 1.22. The Morgan fingerprint density at radius 3 is 2.43 bits per heavy atom. The predicted molar refractivity (Wildman–Crippen MR) is 92.9 cm³/mol. The average Bonchev–Trinajstić information content (AvgIpc) is 3.31. The van der Waals surface area contributed by atoms with E-state index in [1.807, 2.05) is 54.6 Å². The second-order valence-electron chi connectivity index (χ2n) is 5.78. The fraction of sp³-hybridized carbons (Fsp3) is 0.158. The van der Waals surface area contributed by atoms with Crippen LogP contribution in [0.4, 0.5) is 5.88 Å². The molecule has 1 aromatic heterocycles. The van der Waals surface area contributed by atoms with Crippen molar-refractivity contribution in [3.63, 3.8) is 0 Å². The van der Waals surface area contributed by atoms with Crippen molar-refractivity contribution in [2.75, 3.05) is 5.32 Å². The van der Waals surface area contributed by atoms with Crippen LogP contribution in [-0.4, -0.2) is 11.1 Å². The second kappa shape index (κ2) is 5.67. The fourth-order valence-corrected chi connectivity index (χ4v) is 2.82. The molecule has 116 valence electrons. The fourth-order valence-electron chi connectivity index (χ4n) is 2.63. The van der Waals surface area contributed by atoms with Gasteiger partial charge in [-0.3, -0.25) is 0 Å². The van der Waals surface area contributed by atoms with E-state index in [-0.39, 0.29) is 5.75 Å². The Labute approximate surface area is 139 Å². The summed E-state index contributed by atoms with van der Waals surface area (Å²) >= 11 is 6.11. The van der Waals surface area contributed by atoms with Crippen molar-refractivity contribution in [3.8, 4) is 28.2 Å². The SMILES string of the molecule is Oc1c(-c2ccccc2)oc(NC2CC2)c1-c1cccc(Cl)c1. The lowest BCUT2D eigenvalue weighted by Gasteiger charge is -2.05. The van der Waals surface area contributed by atoms with Gasteiger partial charge in [0.15, 0.2) is 11.5 Å². The van der Waals surface area contributed by atoms with Crippen molar-refractivity contribution in [2.24, 2.45) is 0 Å². The van der Waals surface area contributed by atoms with E-state index in [0.717, 1.165) is 24.0 Å². The molecule has 0 amide bonds. The summed E-state index contributed by atoms with van der Waals surface area (Å²) in [4.78, 5) is 0. The molecule has 0 saturated heterocycles. The van der Waals surface area contributed by atoms with Gasteiger partial charge in [-0.2, -0.15) is 0 Å². The van der Waals surface area contributed by atoms with Crippen LogP contribution in [0.2, 0.25) is 5.02 Å². The van der Waals surface area contributed by atoms with Crippen LogP contribution in [0.1, 0.15) is 12.8 Å². The highest BCUT2D eigenvalue weighted by Gasteiger charge is 2.28. The van der Waals surface area contributed by atoms with Gasteiger partial charge in [-0.05, 0) is 30.5 Å². The molecule has 2 N–H and O–H groups in total. The Kier molecular flexibility index (Phi) is 3.50. The summed E-state index contributed by atoms with van der Waals surface area (Å²) in [6.07, 6.45) is 2.24.